The largest absolute Gasteiger partial charge is 0.317 e. The first-order chi connectivity index (χ1) is 11.5. The van der Waals surface area contributed by atoms with Crippen LogP contribution in [0.25, 0.3) is 5.69 Å². The van der Waals surface area contributed by atoms with Gasteiger partial charge in [-0.05, 0) is 76.5 Å². The van der Waals surface area contributed by atoms with Crippen LogP contribution in [0.4, 0.5) is 0 Å². The summed E-state index contributed by atoms with van der Waals surface area (Å²) in [6, 6.07) is 6.68. The summed E-state index contributed by atoms with van der Waals surface area (Å²) in [5, 5.41) is 0. The molecule has 24 heavy (non-hydrogen) atoms. The number of Topliss-reactive ketones (excluding diaryl/α,β-unsaturated/α-hetero) is 1. The number of fused-ring (bicyclic) bond motifs is 1. The molecule has 0 unspecified atom stereocenters. The maximum absolute atomic E-state index is 12.5. The number of rotatable bonds is 5. The number of benzene rings is 1. The zero-order valence-corrected chi connectivity index (χ0v) is 15.5. The highest BCUT2D eigenvalue weighted by Gasteiger charge is 2.27. The van der Waals surface area contributed by atoms with Crippen LogP contribution in [0.5, 0.6) is 0 Å². The second-order valence-corrected chi connectivity index (χ2v) is 7.24. The van der Waals surface area contributed by atoms with Gasteiger partial charge in [-0.1, -0.05) is 31.0 Å². The van der Waals surface area contributed by atoms with E-state index in [1.54, 1.807) is 6.92 Å². The lowest BCUT2D eigenvalue weighted by Crippen LogP contribution is -2.10. The third kappa shape index (κ3) is 2.94. The second-order valence-electron chi connectivity index (χ2n) is 7.24. The van der Waals surface area contributed by atoms with Crippen LogP contribution in [0, 0.1) is 13.8 Å². The first-order valence-electron chi connectivity index (χ1n) is 9.38. The van der Waals surface area contributed by atoms with Gasteiger partial charge in [-0.25, -0.2) is 0 Å². The van der Waals surface area contributed by atoms with Crippen LogP contribution in [0.15, 0.2) is 18.2 Å². The summed E-state index contributed by atoms with van der Waals surface area (Å²) >= 11 is 0. The molecular weight excluding hydrogens is 294 g/mol. The molecule has 1 aliphatic carbocycles. The Bertz CT molecular complexity index is 767. The highest BCUT2D eigenvalue weighted by Crippen LogP contribution is 2.35. The minimum atomic E-state index is 0.239. The number of carbonyl (C=O) groups excluding carboxylic acids is 1. The lowest BCUT2D eigenvalue weighted by atomic mass is 9.92. The number of hydrogen-bond acceptors (Lipinski definition) is 1. The van der Waals surface area contributed by atoms with Crippen molar-refractivity contribution in [3.8, 4) is 5.69 Å². The Balaban J connectivity index is 2.28. The molecule has 0 spiro atoms. The van der Waals surface area contributed by atoms with Crippen molar-refractivity contribution in [3.63, 3.8) is 0 Å². The smallest absolute Gasteiger partial charge is 0.161 e. The third-order valence-corrected chi connectivity index (χ3v) is 5.28. The van der Waals surface area contributed by atoms with E-state index in [9.17, 15) is 4.79 Å². The van der Waals surface area contributed by atoms with E-state index < -0.39 is 0 Å². The maximum Gasteiger partial charge on any atom is 0.161 e. The fraction of sp³-hybridized carbons (Fsp3) is 0.500. The number of aryl methyl sites for hydroxylation is 2. The number of unbranched alkanes of at least 4 members (excludes halogenated alkanes) is 1. The van der Waals surface area contributed by atoms with Gasteiger partial charge in [0, 0.05) is 22.6 Å². The van der Waals surface area contributed by atoms with Crippen LogP contribution in [-0.2, 0) is 19.3 Å². The summed E-state index contributed by atoms with van der Waals surface area (Å²) < 4.78 is 2.44. The minimum absolute atomic E-state index is 0.239. The fourth-order valence-electron chi connectivity index (χ4n) is 4.20. The Hall–Kier alpha value is -1.83. The summed E-state index contributed by atoms with van der Waals surface area (Å²) in [5.41, 5.74) is 8.86. The average Bonchev–Trinajstić information content (AvgIpc) is 2.87. The summed E-state index contributed by atoms with van der Waals surface area (Å²) in [6.45, 7) is 8.29. The van der Waals surface area contributed by atoms with Crippen molar-refractivity contribution in [2.24, 2.45) is 0 Å². The summed E-state index contributed by atoms with van der Waals surface area (Å²) in [6.07, 6.45) is 7.86. The molecule has 0 N–H and O–H groups in total. The first-order valence-corrected chi connectivity index (χ1v) is 9.38. The zero-order valence-electron chi connectivity index (χ0n) is 15.5. The summed E-state index contributed by atoms with van der Waals surface area (Å²) in [4.78, 5) is 12.5. The average molecular weight is 323 g/mol. The maximum atomic E-state index is 12.5. The number of ketones is 1. The Morgan fingerprint density at radius 1 is 1.17 bits per heavy atom. The van der Waals surface area contributed by atoms with Crippen molar-refractivity contribution < 1.29 is 4.79 Å². The molecule has 0 aliphatic heterocycles. The second kappa shape index (κ2) is 6.96. The molecule has 0 atom stereocenters. The number of aromatic nitrogens is 1. The lowest BCUT2D eigenvalue weighted by Gasteiger charge is -2.19. The van der Waals surface area contributed by atoms with E-state index in [0.29, 0.717) is 0 Å². The Labute approximate surface area is 145 Å². The Kier molecular flexibility index (Phi) is 4.93. The molecule has 2 nitrogen and oxygen atoms in total. The molecule has 0 saturated carbocycles. The van der Waals surface area contributed by atoms with Crippen LogP contribution in [0.1, 0.15) is 78.0 Å². The highest BCUT2D eigenvalue weighted by atomic mass is 16.1. The molecule has 0 bridgehead atoms. The van der Waals surface area contributed by atoms with Crippen molar-refractivity contribution in [1.29, 1.82) is 0 Å². The zero-order chi connectivity index (χ0) is 17.3. The van der Waals surface area contributed by atoms with Gasteiger partial charge in [-0.2, -0.15) is 0 Å². The molecule has 128 valence electrons. The number of carbonyl (C=O) groups is 1. The van der Waals surface area contributed by atoms with Gasteiger partial charge in [0.2, 0.25) is 0 Å². The summed E-state index contributed by atoms with van der Waals surface area (Å²) in [5.74, 6) is 0.239. The SMILES string of the molecule is CCCCc1c(C(C)=O)c2c(n1-c1ccc(C)cc1C)CCCC2. The van der Waals surface area contributed by atoms with E-state index in [1.807, 2.05) is 0 Å². The topological polar surface area (TPSA) is 22.0 Å². The van der Waals surface area contributed by atoms with Crippen LogP contribution in [0.3, 0.4) is 0 Å². The minimum Gasteiger partial charge on any atom is -0.317 e. The normalized spacial score (nSPS) is 13.8. The van der Waals surface area contributed by atoms with E-state index >= 15 is 0 Å². The molecular formula is C22H29NO. The quantitative estimate of drug-likeness (QED) is 0.664. The molecule has 2 aromatic rings. The monoisotopic (exact) mass is 323 g/mol. The van der Waals surface area contributed by atoms with Gasteiger partial charge in [-0.3, -0.25) is 4.79 Å². The third-order valence-electron chi connectivity index (χ3n) is 5.28. The highest BCUT2D eigenvalue weighted by molar-refractivity contribution is 5.97. The van der Waals surface area contributed by atoms with Crippen molar-refractivity contribution >= 4 is 5.78 Å². The Morgan fingerprint density at radius 2 is 1.92 bits per heavy atom. The van der Waals surface area contributed by atoms with Gasteiger partial charge in [0.05, 0.1) is 0 Å². The van der Waals surface area contributed by atoms with E-state index in [1.165, 1.54) is 46.6 Å². The molecule has 0 fully saturated rings. The number of hydrogen-bond donors (Lipinski definition) is 0. The van der Waals surface area contributed by atoms with Crippen LogP contribution >= 0.6 is 0 Å². The van der Waals surface area contributed by atoms with Crippen LogP contribution in [-0.4, -0.2) is 10.4 Å². The van der Waals surface area contributed by atoms with E-state index in [4.69, 9.17) is 0 Å². The predicted molar refractivity (Wildman–Crippen MR) is 101 cm³/mol. The molecule has 1 heterocycles. The van der Waals surface area contributed by atoms with Gasteiger partial charge >= 0.3 is 0 Å². The molecule has 0 radical (unpaired) electrons. The predicted octanol–water partition coefficient (Wildman–Crippen LogP) is 5.52. The van der Waals surface area contributed by atoms with Gasteiger partial charge in [0.25, 0.3) is 0 Å². The van der Waals surface area contributed by atoms with Gasteiger partial charge in [0.1, 0.15) is 0 Å². The lowest BCUT2D eigenvalue weighted by molar-refractivity contribution is 0.101. The van der Waals surface area contributed by atoms with E-state index in [0.717, 1.165) is 37.7 Å². The first kappa shape index (κ1) is 17.0. The molecule has 0 saturated heterocycles. The van der Waals surface area contributed by atoms with E-state index in [-0.39, 0.29) is 5.78 Å². The molecule has 3 rings (SSSR count). The molecule has 1 aromatic carbocycles. The van der Waals surface area contributed by atoms with Crippen molar-refractivity contribution in [2.75, 3.05) is 0 Å². The number of nitrogens with zero attached hydrogens (tertiary/aromatic N) is 1. The van der Waals surface area contributed by atoms with Gasteiger partial charge < -0.3 is 4.57 Å². The molecule has 0 amide bonds. The van der Waals surface area contributed by atoms with Crippen molar-refractivity contribution in [1.82, 2.24) is 4.57 Å². The van der Waals surface area contributed by atoms with Crippen molar-refractivity contribution in [2.45, 2.75) is 72.6 Å². The standard InChI is InChI=1S/C22H29NO/c1-5-6-10-21-22(17(4)24)18-9-7-8-11-20(18)23(21)19-13-12-15(2)14-16(19)3/h12-14H,5-11H2,1-4H3. The van der Waals surface area contributed by atoms with Crippen molar-refractivity contribution in [3.05, 3.63) is 51.8 Å². The van der Waals surface area contributed by atoms with Crippen LogP contribution in [0.2, 0.25) is 0 Å². The van der Waals surface area contributed by atoms with E-state index in [2.05, 4.69) is 43.5 Å². The summed E-state index contributed by atoms with van der Waals surface area (Å²) in [7, 11) is 0. The van der Waals surface area contributed by atoms with Gasteiger partial charge in [-0.15, -0.1) is 0 Å². The Morgan fingerprint density at radius 3 is 2.58 bits per heavy atom. The fourth-order valence-corrected chi connectivity index (χ4v) is 4.20. The van der Waals surface area contributed by atoms with Gasteiger partial charge in [0.15, 0.2) is 5.78 Å². The van der Waals surface area contributed by atoms with Crippen LogP contribution < -0.4 is 0 Å². The molecule has 1 aliphatic rings. The molecule has 1 aromatic heterocycles. The molecule has 2 heteroatoms.